The molecule has 1 amide bonds. The number of aryl methyl sites for hydroxylation is 2. The first-order valence-electron chi connectivity index (χ1n) is 6.33. The highest BCUT2D eigenvalue weighted by atomic mass is 32.2. The maximum absolute atomic E-state index is 12.1. The molecule has 2 aromatic heterocycles. The zero-order chi connectivity index (χ0) is 14.7. The van der Waals surface area contributed by atoms with E-state index in [9.17, 15) is 4.79 Å². The van der Waals surface area contributed by atoms with Crippen molar-refractivity contribution in [1.82, 2.24) is 10.3 Å². The molecular formula is C14H18N2O2S2. The van der Waals surface area contributed by atoms with E-state index < -0.39 is 0 Å². The number of hydrogen-bond acceptors (Lipinski definition) is 5. The summed E-state index contributed by atoms with van der Waals surface area (Å²) in [6.07, 6.45) is 2.00. The Bertz CT molecular complexity index is 604. The molecule has 0 aromatic carbocycles. The summed E-state index contributed by atoms with van der Waals surface area (Å²) in [6.45, 7) is 5.92. The predicted molar refractivity (Wildman–Crippen MR) is 83.4 cm³/mol. The number of nitrogens with zero attached hydrogens (tertiary/aromatic N) is 1. The van der Waals surface area contributed by atoms with Crippen molar-refractivity contribution in [3.8, 4) is 0 Å². The summed E-state index contributed by atoms with van der Waals surface area (Å²) in [6, 6.07) is 3.43. The summed E-state index contributed by atoms with van der Waals surface area (Å²) in [5, 5.41) is 3.94. The third kappa shape index (κ3) is 3.43. The van der Waals surface area contributed by atoms with Crippen LogP contribution in [0.15, 0.2) is 16.5 Å². The summed E-state index contributed by atoms with van der Waals surface area (Å²) in [4.78, 5) is 17.7. The molecule has 0 spiro atoms. The number of nitrogens with one attached hydrogen (secondary N) is 1. The van der Waals surface area contributed by atoms with E-state index in [4.69, 9.17) is 4.42 Å². The van der Waals surface area contributed by atoms with Gasteiger partial charge in [0.2, 0.25) is 0 Å². The highest BCUT2D eigenvalue weighted by Crippen LogP contribution is 2.23. The summed E-state index contributed by atoms with van der Waals surface area (Å²) in [5.41, 5.74) is 0.928. The SMILES string of the molecule is CSCc1ccc(C(=O)N[C@H](C)c2nc(C)sc2C)o1. The van der Waals surface area contributed by atoms with Gasteiger partial charge in [-0.05, 0) is 39.2 Å². The van der Waals surface area contributed by atoms with Crippen LogP contribution in [0, 0.1) is 13.8 Å². The molecule has 6 heteroatoms. The molecule has 0 unspecified atom stereocenters. The Morgan fingerprint density at radius 3 is 2.85 bits per heavy atom. The number of carbonyl (C=O) groups is 1. The molecule has 4 nitrogen and oxygen atoms in total. The predicted octanol–water partition coefficient (Wildman–Crippen LogP) is 3.71. The number of thiazole rings is 1. The Kier molecular flexibility index (Phi) is 4.88. The molecule has 1 N–H and O–H groups in total. The number of carbonyl (C=O) groups excluding carboxylic acids is 1. The van der Waals surface area contributed by atoms with E-state index in [1.54, 1.807) is 29.2 Å². The van der Waals surface area contributed by atoms with E-state index in [2.05, 4.69) is 10.3 Å². The van der Waals surface area contributed by atoms with Gasteiger partial charge in [-0.2, -0.15) is 11.8 Å². The highest BCUT2D eigenvalue weighted by molar-refractivity contribution is 7.97. The quantitative estimate of drug-likeness (QED) is 0.914. The van der Waals surface area contributed by atoms with Gasteiger partial charge in [-0.25, -0.2) is 4.98 Å². The van der Waals surface area contributed by atoms with Gasteiger partial charge in [0.25, 0.3) is 5.91 Å². The van der Waals surface area contributed by atoms with Crippen LogP contribution in [0.3, 0.4) is 0 Å². The number of aromatic nitrogens is 1. The number of amides is 1. The zero-order valence-electron chi connectivity index (χ0n) is 12.0. The largest absolute Gasteiger partial charge is 0.455 e. The molecule has 0 fully saturated rings. The highest BCUT2D eigenvalue weighted by Gasteiger charge is 2.18. The zero-order valence-corrected chi connectivity index (χ0v) is 13.7. The summed E-state index contributed by atoms with van der Waals surface area (Å²) in [7, 11) is 0. The molecule has 1 atom stereocenters. The molecule has 2 rings (SSSR count). The van der Waals surface area contributed by atoms with E-state index in [-0.39, 0.29) is 11.9 Å². The van der Waals surface area contributed by atoms with Gasteiger partial charge >= 0.3 is 0 Å². The second-order valence-corrected chi connectivity index (χ2v) is 6.84. The number of rotatable bonds is 5. The molecule has 108 valence electrons. The van der Waals surface area contributed by atoms with E-state index in [1.807, 2.05) is 33.1 Å². The van der Waals surface area contributed by atoms with E-state index >= 15 is 0 Å². The van der Waals surface area contributed by atoms with Gasteiger partial charge in [-0.1, -0.05) is 0 Å². The molecular weight excluding hydrogens is 292 g/mol. The van der Waals surface area contributed by atoms with Crippen molar-refractivity contribution < 1.29 is 9.21 Å². The second-order valence-electron chi connectivity index (χ2n) is 4.57. The van der Waals surface area contributed by atoms with E-state index in [1.165, 1.54) is 0 Å². The van der Waals surface area contributed by atoms with Crippen molar-refractivity contribution in [2.24, 2.45) is 0 Å². The van der Waals surface area contributed by atoms with Gasteiger partial charge in [0, 0.05) is 4.88 Å². The standard InChI is InChI=1S/C14H18N2O2S2/c1-8(13-9(2)20-10(3)16-13)15-14(17)12-6-5-11(18-12)7-19-4/h5-6,8H,7H2,1-4H3,(H,15,17)/t8-/m1/s1. The van der Waals surface area contributed by atoms with Crippen molar-refractivity contribution in [3.63, 3.8) is 0 Å². The van der Waals surface area contributed by atoms with Gasteiger partial charge in [-0.3, -0.25) is 4.79 Å². The van der Waals surface area contributed by atoms with Crippen LogP contribution < -0.4 is 5.32 Å². The fourth-order valence-electron chi connectivity index (χ4n) is 2.00. The average Bonchev–Trinajstić information content (AvgIpc) is 2.96. The van der Waals surface area contributed by atoms with Crippen molar-refractivity contribution in [3.05, 3.63) is 39.2 Å². The Hall–Kier alpha value is -1.27. The normalized spacial score (nSPS) is 12.4. The van der Waals surface area contributed by atoms with Gasteiger partial charge in [0.05, 0.1) is 22.5 Å². The summed E-state index contributed by atoms with van der Waals surface area (Å²) in [5.74, 6) is 1.74. The average molecular weight is 310 g/mol. The molecule has 0 aliphatic heterocycles. The van der Waals surface area contributed by atoms with Crippen LogP contribution >= 0.6 is 23.1 Å². The Balaban J connectivity index is 2.05. The minimum absolute atomic E-state index is 0.124. The smallest absolute Gasteiger partial charge is 0.287 e. The molecule has 2 aromatic rings. The van der Waals surface area contributed by atoms with Crippen LogP contribution in [0.1, 0.15) is 44.9 Å². The molecule has 0 saturated carbocycles. The van der Waals surface area contributed by atoms with Crippen LogP contribution in [-0.2, 0) is 5.75 Å². The minimum Gasteiger partial charge on any atom is -0.455 e. The Labute approximate surface area is 127 Å². The summed E-state index contributed by atoms with van der Waals surface area (Å²) >= 11 is 3.30. The van der Waals surface area contributed by atoms with Gasteiger partial charge in [0.15, 0.2) is 5.76 Å². The van der Waals surface area contributed by atoms with Crippen LogP contribution in [0.5, 0.6) is 0 Å². The molecule has 20 heavy (non-hydrogen) atoms. The monoisotopic (exact) mass is 310 g/mol. The fourth-order valence-corrected chi connectivity index (χ4v) is 3.36. The minimum atomic E-state index is -0.199. The Morgan fingerprint density at radius 2 is 2.25 bits per heavy atom. The molecule has 0 aliphatic rings. The fraction of sp³-hybridized carbons (Fsp3) is 0.429. The third-order valence-corrected chi connectivity index (χ3v) is 4.34. The van der Waals surface area contributed by atoms with Crippen molar-refractivity contribution in [2.75, 3.05) is 6.26 Å². The van der Waals surface area contributed by atoms with E-state index in [0.29, 0.717) is 5.76 Å². The topological polar surface area (TPSA) is 55.1 Å². The van der Waals surface area contributed by atoms with Gasteiger partial charge in [-0.15, -0.1) is 11.3 Å². The van der Waals surface area contributed by atoms with Crippen molar-refractivity contribution >= 4 is 29.0 Å². The van der Waals surface area contributed by atoms with Gasteiger partial charge < -0.3 is 9.73 Å². The molecule has 2 heterocycles. The molecule has 0 saturated heterocycles. The lowest BCUT2D eigenvalue weighted by Crippen LogP contribution is -2.26. The third-order valence-electron chi connectivity index (χ3n) is 2.87. The van der Waals surface area contributed by atoms with Crippen LogP contribution in [0.2, 0.25) is 0 Å². The molecule has 0 bridgehead atoms. The van der Waals surface area contributed by atoms with E-state index in [0.717, 1.165) is 27.1 Å². The first-order chi connectivity index (χ1) is 9.51. The van der Waals surface area contributed by atoms with Crippen LogP contribution in [0.25, 0.3) is 0 Å². The maximum atomic E-state index is 12.1. The first kappa shape index (κ1) is 15.1. The molecule has 0 radical (unpaired) electrons. The number of thioether (sulfide) groups is 1. The number of furan rings is 1. The lowest BCUT2D eigenvalue weighted by Gasteiger charge is -2.11. The lowest BCUT2D eigenvalue weighted by molar-refractivity contribution is 0.0909. The number of hydrogen-bond donors (Lipinski definition) is 1. The van der Waals surface area contributed by atoms with Crippen molar-refractivity contribution in [1.29, 1.82) is 0 Å². The second kappa shape index (κ2) is 6.45. The van der Waals surface area contributed by atoms with Crippen LogP contribution in [0.4, 0.5) is 0 Å². The van der Waals surface area contributed by atoms with Crippen LogP contribution in [-0.4, -0.2) is 17.1 Å². The molecule has 0 aliphatic carbocycles. The van der Waals surface area contributed by atoms with Gasteiger partial charge in [0.1, 0.15) is 5.76 Å². The van der Waals surface area contributed by atoms with Crippen molar-refractivity contribution in [2.45, 2.75) is 32.6 Å². The summed E-state index contributed by atoms with van der Waals surface area (Å²) < 4.78 is 5.51. The Morgan fingerprint density at radius 1 is 1.50 bits per heavy atom. The lowest BCUT2D eigenvalue weighted by atomic mass is 10.2. The first-order valence-corrected chi connectivity index (χ1v) is 8.54. The maximum Gasteiger partial charge on any atom is 0.287 e.